The molecule has 0 saturated carbocycles. The Hall–Kier alpha value is -1.39. The highest BCUT2D eigenvalue weighted by Crippen LogP contribution is 2.10. The summed E-state index contributed by atoms with van der Waals surface area (Å²) in [5, 5.41) is 16.4. The number of aromatic nitrogens is 2. The predicted molar refractivity (Wildman–Crippen MR) is 53.3 cm³/mol. The highest BCUT2D eigenvalue weighted by atomic mass is 16.4. The van der Waals surface area contributed by atoms with Crippen LogP contribution in [0, 0.1) is 11.8 Å². The highest BCUT2D eigenvalue weighted by molar-refractivity contribution is 5.69. The molecule has 0 amide bonds. The van der Waals surface area contributed by atoms with E-state index in [1.54, 1.807) is 6.92 Å². The lowest BCUT2D eigenvalue weighted by molar-refractivity contribution is -0.141. The van der Waals surface area contributed by atoms with Gasteiger partial charge in [-0.15, -0.1) is 10.2 Å². The summed E-state index contributed by atoms with van der Waals surface area (Å²) in [6.45, 7) is 5.74. The summed E-state index contributed by atoms with van der Waals surface area (Å²) in [4.78, 5) is 10.6. The number of carboxylic acids is 1. The van der Waals surface area contributed by atoms with Gasteiger partial charge >= 0.3 is 5.97 Å². The van der Waals surface area contributed by atoms with Gasteiger partial charge in [0.15, 0.2) is 0 Å². The van der Waals surface area contributed by atoms with Crippen LogP contribution in [0.3, 0.4) is 0 Å². The first-order valence-electron chi connectivity index (χ1n) is 5.03. The minimum atomic E-state index is -0.849. The molecule has 0 spiro atoms. The van der Waals surface area contributed by atoms with Crippen molar-refractivity contribution >= 4 is 5.97 Å². The summed E-state index contributed by atoms with van der Waals surface area (Å²) in [6, 6.07) is 0. The maximum Gasteiger partial charge on any atom is 0.306 e. The van der Waals surface area contributed by atoms with Gasteiger partial charge in [0.25, 0.3) is 0 Å². The molecular weight excluding hydrogens is 196 g/mol. The van der Waals surface area contributed by atoms with E-state index >= 15 is 0 Å². The van der Waals surface area contributed by atoms with Gasteiger partial charge < -0.3 is 9.52 Å². The van der Waals surface area contributed by atoms with E-state index < -0.39 is 11.9 Å². The fourth-order valence-corrected chi connectivity index (χ4v) is 1.15. The van der Waals surface area contributed by atoms with Crippen LogP contribution < -0.4 is 0 Å². The van der Waals surface area contributed by atoms with Crippen molar-refractivity contribution in [1.29, 1.82) is 0 Å². The van der Waals surface area contributed by atoms with Crippen molar-refractivity contribution in [2.24, 2.45) is 11.8 Å². The third kappa shape index (κ3) is 3.69. The van der Waals surface area contributed by atoms with Crippen LogP contribution in [0.25, 0.3) is 0 Å². The Morgan fingerprint density at radius 3 is 2.27 bits per heavy atom. The Morgan fingerprint density at radius 2 is 1.80 bits per heavy atom. The molecule has 5 nitrogen and oxygen atoms in total. The van der Waals surface area contributed by atoms with E-state index in [9.17, 15) is 4.79 Å². The standard InChI is InChI=1S/C10H16N2O3/c1-6(2)4-8-11-12-9(15-8)5-7(3)10(13)14/h6-7H,4-5H2,1-3H3,(H,13,14). The average molecular weight is 212 g/mol. The number of rotatable bonds is 5. The van der Waals surface area contributed by atoms with Gasteiger partial charge in [-0.05, 0) is 5.92 Å². The number of nitrogens with zero attached hydrogens (tertiary/aromatic N) is 2. The van der Waals surface area contributed by atoms with Crippen molar-refractivity contribution in [3.05, 3.63) is 11.8 Å². The predicted octanol–water partition coefficient (Wildman–Crippen LogP) is 1.53. The zero-order valence-corrected chi connectivity index (χ0v) is 9.23. The first-order valence-corrected chi connectivity index (χ1v) is 5.03. The molecule has 1 N–H and O–H groups in total. The maximum absolute atomic E-state index is 10.6. The lowest BCUT2D eigenvalue weighted by Crippen LogP contribution is -2.12. The van der Waals surface area contributed by atoms with E-state index in [2.05, 4.69) is 24.0 Å². The molecule has 1 aromatic heterocycles. The minimum Gasteiger partial charge on any atom is -0.481 e. The zero-order valence-electron chi connectivity index (χ0n) is 9.23. The molecule has 0 aliphatic carbocycles. The summed E-state index contributed by atoms with van der Waals surface area (Å²) in [5.74, 6) is 0.101. The molecule has 0 aliphatic rings. The van der Waals surface area contributed by atoms with Crippen LogP contribution >= 0.6 is 0 Å². The molecule has 0 fully saturated rings. The largest absolute Gasteiger partial charge is 0.481 e. The molecule has 5 heteroatoms. The van der Waals surface area contributed by atoms with Crippen LogP contribution in [0.4, 0.5) is 0 Å². The molecule has 0 saturated heterocycles. The Balaban J connectivity index is 2.56. The molecule has 0 aliphatic heterocycles. The third-order valence-electron chi connectivity index (χ3n) is 1.99. The SMILES string of the molecule is CC(C)Cc1nnc(CC(C)C(=O)O)o1. The number of aliphatic carboxylic acids is 1. The molecule has 84 valence electrons. The van der Waals surface area contributed by atoms with Gasteiger partial charge in [-0.2, -0.15) is 0 Å². The Bertz CT molecular complexity index is 333. The summed E-state index contributed by atoms with van der Waals surface area (Å²) in [6.07, 6.45) is 1.02. The lowest BCUT2D eigenvalue weighted by Gasteiger charge is -2.00. The van der Waals surface area contributed by atoms with Crippen LogP contribution in [0.2, 0.25) is 0 Å². The molecule has 1 atom stereocenters. The summed E-state index contributed by atoms with van der Waals surface area (Å²) in [7, 11) is 0. The number of hydrogen-bond acceptors (Lipinski definition) is 4. The molecule has 15 heavy (non-hydrogen) atoms. The Labute approximate surface area is 88.5 Å². The van der Waals surface area contributed by atoms with E-state index in [0.29, 0.717) is 24.1 Å². The highest BCUT2D eigenvalue weighted by Gasteiger charge is 2.16. The second-order valence-electron chi connectivity index (χ2n) is 4.13. The second-order valence-corrected chi connectivity index (χ2v) is 4.13. The third-order valence-corrected chi connectivity index (χ3v) is 1.99. The summed E-state index contributed by atoms with van der Waals surface area (Å²) in [5.41, 5.74) is 0. The molecular formula is C10H16N2O3. The number of hydrogen-bond donors (Lipinski definition) is 1. The van der Waals surface area contributed by atoms with Gasteiger partial charge in [-0.25, -0.2) is 0 Å². The average Bonchev–Trinajstić information content (AvgIpc) is 2.51. The lowest BCUT2D eigenvalue weighted by atomic mass is 10.1. The molecule has 0 bridgehead atoms. The molecule has 1 rings (SSSR count). The van der Waals surface area contributed by atoms with E-state index in [-0.39, 0.29) is 0 Å². The van der Waals surface area contributed by atoms with Crippen LogP contribution in [0.1, 0.15) is 32.6 Å². The van der Waals surface area contributed by atoms with Crippen molar-refractivity contribution in [2.45, 2.75) is 33.6 Å². The Morgan fingerprint density at radius 1 is 1.27 bits per heavy atom. The van der Waals surface area contributed by atoms with Gasteiger partial charge in [0, 0.05) is 12.8 Å². The van der Waals surface area contributed by atoms with Crippen LogP contribution in [-0.2, 0) is 17.6 Å². The van der Waals surface area contributed by atoms with E-state index in [0.717, 1.165) is 6.42 Å². The first-order chi connectivity index (χ1) is 6.99. The van der Waals surface area contributed by atoms with E-state index in [1.807, 2.05) is 0 Å². The number of carbonyl (C=O) groups is 1. The van der Waals surface area contributed by atoms with Crippen molar-refractivity contribution in [2.75, 3.05) is 0 Å². The summed E-state index contributed by atoms with van der Waals surface area (Å²) >= 11 is 0. The van der Waals surface area contributed by atoms with Gasteiger partial charge in [-0.3, -0.25) is 4.79 Å². The smallest absolute Gasteiger partial charge is 0.306 e. The fraction of sp³-hybridized carbons (Fsp3) is 0.700. The molecule has 1 aromatic rings. The monoisotopic (exact) mass is 212 g/mol. The molecule has 0 aromatic carbocycles. The van der Waals surface area contributed by atoms with Gasteiger partial charge in [-0.1, -0.05) is 20.8 Å². The van der Waals surface area contributed by atoms with E-state index in [1.165, 1.54) is 0 Å². The van der Waals surface area contributed by atoms with Crippen LogP contribution in [-0.4, -0.2) is 21.3 Å². The first kappa shape index (κ1) is 11.7. The minimum absolute atomic E-state index is 0.292. The number of carboxylic acid groups (broad SMARTS) is 1. The topological polar surface area (TPSA) is 76.2 Å². The normalized spacial score (nSPS) is 13.1. The quantitative estimate of drug-likeness (QED) is 0.801. The van der Waals surface area contributed by atoms with Crippen LogP contribution in [0.5, 0.6) is 0 Å². The van der Waals surface area contributed by atoms with E-state index in [4.69, 9.17) is 9.52 Å². The van der Waals surface area contributed by atoms with Crippen molar-refractivity contribution in [3.63, 3.8) is 0 Å². The van der Waals surface area contributed by atoms with Crippen molar-refractivity contribution in [3.8, 4) is 0 Å². The maximum atomic E-state index is 10.6. The molecule has 1 unspecified atom stereocenters. The summed E-state index contributed by atoms with van der Waals surface area (Å²) < 4.78 is 5.33. The fourth-order valence-electron chi connectivity index (χ4n) is 1.15. The van der Waals surface area contributed by atoms with Crippen molar-refractivity contribution in [1.82, 2.24) is 10.2 Å². The van der Waals surface area contributed by atoms with Crippen molar-refractivity contribution < 1.29 is 14.3 Å². The van der Waals surface area contributed by atoms with Gasteiger partial charge in [0.05, 0.1) is 5.92 Å². The molecule has 0 radical (unpaired) electrons. The van der Waals surface area contributed by atoms with Crippen LogP contribution in [0.15, 0.2) is 4.42 Å². The second kappa shape index (κ2) is 4.91. The Kier molecular flexibility index (Phi) is 3.82. The van der Waals surface area contributed by atoms with Gasteiger partial charge in [0.1, 0.15) is 0 Å². The van der Waals surface area contributed by atoms with Gasteiger partial charge in [0.2, 0.25) is 11.8 Å². The zero-order chi connectivity index (χ0) is 11.4. The molecule has 1 heterocycles.